The Labute approximate surface area is 202 Å². The average molecular weight is 470 g/mol. The summed E-state index contributed by atoms with van der Waals surface area (Å²) in [6.45, 7) is 6.90. The highest BCUT2D eigenvalue weighted by molar-refractivity contribution is 5.93. The van der Waals surface area contributed by atoms with Crippen molar-refractivity contribution in [1.29, 1.82) is 0 Å². The monoisotopic (exact) mass is 469 g/mol. The molecule has 0 saturated carbocycles. The van der Waals surface area contributed by atoms with Crippen LogP contribution >= 0.6 is 0 Å². The molecule has 0 amide bonds. The van der Waals surface area contributed by atoms with Crippen LogP contribution in [0.1, 0.15) is 57.8 Å². The van der Waals surface area contributed by atoms with E-state index in [1.165, 1.54) is 32.4 Å². The summed E-state index contributed by atoms with van der Waals surface area (Å²) in [6.07, 6.45) is 9.64. The molecule has 0 aliphatic carbocycles. The van der Waals surface area contributed by atoms with Gasteiger partial charge in [-0.05, 0) is 70.5 Å². The fourth-order valence-corrected chi connectivity index (χ4v) is 5.47. The van der Waals surface area contributed by atoms with Crippen molar-refractivity contribution in [3.05, 3.63) is 12.1 Å². The molecule has 1 aromatic heterocycles. The van der Waals surface area contributed by atoms with E-state index in [0.29, 0.717) is 12.4 Å². The zero-order valence-electron chi connectivity index (χ0n) is 20.5. The van der Waals surface area contributed by atoms with Crippen LogP contribution in [0.3, 0.4) is 0 Å². The Bertz CT molecular complexity index is 959. The standard InChI is InChI=1S/C26H39N5O3/c1-33-22-18-20-21(19-23(22)34-17-9-13-29-11-4-2-5-12-29)27-26(30-14-7-8-15-30)28-25(20)31-16-6-3-10-24(31)32/h18-19,24,32H,2-17H2,1H3. The van der Waals surface area contributed by atoms with Crippen LogP contribution in [0, 0.1) is 0 Å². The van der Waals surface area contributed by atoms with Crippen molar-refractivity contribution in [3.63, 3.8) is 0 Å². The van der Waals surface area contributed by atoms with E-state index in [4.69, 9.17) is 19.4 Å². The SMILES string of the molecule is COc1cc2c(N3CCCCC3O)nc(N3CCCC3)nc2cc1OCCCN1CCCCC1. The Hall–Kier alpha value is -2.32. The van der Waals surface area contributed by atoms with Crippen LogP contribution in [0.15, 0.2) is 12.1 Å². The normalized spacial score (nSPS) is 21.9. The predicted molar refractivity (Wildman–Crippen MR) is 135 cm³/mol. The molecule has 1 atom stereocenters. The van der Waals surface area contributed by atoms with E-state index >= 15 is 0 Å². The Balaban J connectivity index is 1.42. The molecule has 0 bridgehead atoms. The lowest BCUT2D eigenvalue weighted by atomic mass is 10.1. The van der Waals surface area contributed by atoms with E-state index < -0.39 is 6.23 Å². The quantitative estimate of drug-likeness (QED) is 0.585. The lowest BCUT2D eigenvalue weighted by Crippen LogP contribution is -2.40. The maximum absolute atomic E-state index is 10.8. The second kappa shape index (κ2) is 11.0. The number of aromatic nitrogens is 2. The molecule has 1 unspecified atom stereocenters. The molecule has 8 nitrogen and oxygen atoms in total. The van der Waals surface area contributed by atoms with E-state index in [0.717, 1.165) is 93.1 Å². The van der Waals surface area contributed by atoms with Gasteiger partial charge in [0.2, 0.25) is 5.95 Å². The number of hydrogen-bond donors (Lipinski definition) is 1. The minimum atomic E-state index is -0.519. The molecular weight excluding hydrogens is 430 g/mol. The van der Waals surface area contributed by atoms with Gasteiger partial charge in [-0.3, -0.25) is 0 Å². The molecule has 4 heterocycles. The summed E-state index contributed by atoms with van der Waals surface area (Å²) in [5, 5.41) is 11.7. The molecule has 5 rings (SSSR count). The zero-order valence-corrected chi connectivity index (χ0v) is 20.5. The predicted octanol–water partition coefficient (Wildman–Crippen LogP) is 3.80. The van der Waals surface area contributed by atoms with Crippen LogP contribution in [-0.2, 0) is 0 Å². The Morgan fingerprint density at radius 1 is 0.912 bits per heavy atom. The molecule has 1 aromatic carbocycles. The summed E-state index contributed by atoms with van der Waals surface area (Å²) in [6, 6.07) is 3.98. The summed E-state index contributed by atoms with van der Waals surface area (Å²) in [5.74, 6) is 2.97. The van der Waals surface area contributed by atoms with Crippen molar-refractivity contribution in [3.8, 4) is 11.5 Å². The molecule has 3 aliphatic rings. The van der Waals surface area contributed by atoms with Crippen LogP contribution in [-0.4, -0.2) is 79.2 Å². The fraction of sp³-hybridized carbons (Fsp3) is 0.692. The van der Waals surface area contributed by atoms with Gasteiger partial charge in [-0.1, -0.05) is 6.42 Å². The highest BCUT2D eigenvalue weighted by Crippen LogP contribution is 2.38. The second-order valence-electron chi connectivity index (χ2n) is 9.84. The van der Waals surface area contributed by atoms with Gasteiger partial charge in [0.05, 0.1) is 19.2 Å². The number of aliphatic hydroxyl groups excluding tert-OH is 1. The maximum Gasteiger partial charge on any atom is 0.227 e. The van der Waals surface area contributed by atoms with E-state index in [2.05, 4.69) is 9.80 Å². The van der Waals surface area contributed by atoms with Crippen molar-refractivity contribution in [1.82, 2.24) is 14.9 Å². The summed E-state index contributed by atoms with van der Waals surface area (Å²) in [4.78, 5) is 16.7. The summed E-state index contributed by atoms with van der Waals surface area (Å²) < 4.78 is 11.9. The molecule has 0 radical (unpaired) electrons. The number of piperidine rings is 2. The first-order valence-electron chi connectivity index (χ1n) is 13.2. The van der Waals surface area contributed by atoms with Crippen molar-refractivity contribution in [2.75, 3.05) is 62.8 Å². The maximum atomic E-state index is 10.8. The van der Waals surface area contributed by atoms with Crippen molar-refractivity contribution in [2.24, 2.45) is 0 Å². The number of likely N-dealkylation sites (tertiary alicyclic amines) is 1. The number of ether oxygens (including phenoxy) is 2. The molecule has 0 spiro atoms. The van der Waals surface area contributed by atoms with E-state index in [-0.39, 0.29) is 0 Å². The molecule has 1 N–H and O–H groups in total. The molecule has 3 saturated heterocycles. The van der Waals surface area contributed by atoms with Gasteiger partial charge < -0.3 is 29.3 Å². The number of fused-ring (bicyclic) bond motifs is 1. The third-order valence-electron chi connectivity index (χ3n) is 7.41. The molecular formula is C26H39N5O3. The van der Waals surface area contributed by atoms with Crippen molar-refractivity contribution < 1.29 is 14.6 Å². The summed E-state index contributed by atoms with van der Waals surface area (Å²) in [7, 11) is 1.68. The van der Waals surface area contributed by atoms with Gasteiger partial charge in [-0.2, -0.15) is 4.98 Å². The van der Waals surface area contributed by atoms with E-state index in [9.17, 15) is 5.11 Å². The van der Waals surface area contributed by atoms with Crippen LogP contribution in [0.4, 0.5) is 11.8 Å². The summed E-state index contributed by atoms with van der Waals surface area (Å²) in [5.41, 5.74) is 0.844. The molecule has 3 fully saturated rings. The Morgan fingerprint density at radius 2 is 1.68 bits per heavy atom. The number of nitrogens with zero attached hydrogens (tertiary/aromatic N) is 5. The van der Waals surface area contributed by atoms with Gasteiger partial charge in [-0.25, -0.2) is 4.98 Å². The number of benzene rings is 1. The Morgan fingerprint density at radius 3 is 2.44 bits per heavy atom. The third kappa shape index (κ3) is 5.18. The molecule has 34 heavy (non-hydrogen) atoms. The van der Waals surface area contributed by atoms with Gasteiger partial charge in [0, 0.05) is 37.6 Å². The van der Waals surface area contributed by atoms with E-state index in [1.54, 1.807) is 7.11 Å². The number of rotatable bonds is 8. The fourth-order valence-electron chi connectivity index (χ4n) is 5.47. The minimum Gasteiger partial charge on any atom is -0.493 e. The molecule has 186 valence electrons. The highest BCUT2D eigenvalue weighted by Gasteiger charge is 2.27. The topological polar surface area (TPSA) is 74.2 Å². The third-order valence-corrected chi connectivity index (χ3v) is 7.41. The van der Waals surface area contributed by atoms with Gasteiger partial charge in [0.15, 0.2) is 11.5 Å². The van der Waals surface area contributed by atoms with Gasteiger partial charge in [0.25, 0.3) is 0 Å². The minimum absolute atomic E-state index is 0.519. The van der Waals surface area contributed by atoms with Crippen LogP contribution in [0.25, 0.3) is 10.9 Å². The first-order chi connectivity index (χ1) is 16.7. The van der Waals surface area contributed by atoms with Crippen molar-refractivity contribution in [2.45, 2.75) is 64.0 Å². The van der Waals surface area contributed by atoms with E-state index in [1.807, 2.05) is 17.0 Å². The van der Waals surface area contributed by atoms with Crippen molar-refractivity contribution >= 4 is 22.7 Å². The smallest absolute Gasteiger partial charge is 0.227 e. The number of methoxy groups -OCH3 is 1. The first-order valence-corrected chi connectivity index (χ1v) is 13.2. The molecule has 3 aliphatic heterocycles. The van der Waals surface area contributed by atoms with Gasteiger partial charge >= 0.3 is 0 Å². The largest absolute Gasteiger partial charge is 0.493 e. The van der Waals surface area contributed by atoms with Crippen LogP contribution in [0.5, 0.6) is 11.5 Å². The Kier molecular flexibility index (Phi) is 7.54. The summed E-state index contributed by atoms with van der Waals surface area (Å²) >= 11 is 0. The van der Waals surface area contributed by atoms with Gasteiger partial charge in [0.1, 0.15) is 12.0 Å². The average Bonchev–Trinajstić information content (AvgIpc) is 3.42. The van der Waals surface area contributed by atoms with Crippen LogP contribution < -0.4 is 19.3 Å². The first kappa shape index (κ1) is 23.4. The number of anilines is 2. The van der Waals surface area contributed by atoms with Crippen LogP contribution in [0.2, 0.25) is 0 Å². The number of aliphatic hydroxyl groups is 1. The lowest BCUT2D eigenvalue weighted by molar-refractivity contribution is 0.139. The van der Waals surface area contributed by atoms with Gasteiger partial charge in [-0.15, -0.1) is 0 Å². The lowest BCUT2D eigenvalue weighted by Gasteiger charge is -2.34. The molecule has 8 heteroatoms. The number of hydrogen-bond acceptors (Lipinski definition) is 8. The second-order valence-corrected chi connectivity index (χ2v) is 9.84. The zero-order chi connectivity index (χ0) is 23.3. The molecule has 2 aromatic rings. The highest BCUT2D eigenvalue weighted by atomic mass is 16.5.